The molecular weight excluding hydrogens is 407 g/mol. The predicted molar refractivity (Wildman–Crippen MR) is 96.4 cm³/mol. The highest BCUT2D eigenvalue weighted by molar-refractivity contribution is 7.21. The van der Waals surface area contributed by atoms with Crippen LogP contribution in [0, 0.1) is 6.92 Å². The second-order valence-corrected chi connectivity index (χ2v) is 7.59. The summed E-state index contributed by atoms with van der Waals surface area (Å²) in [4.78, 5) is 8.98. The molecule has 0 saturated heterocycles. The van der Waals surface area contributed by atoms with Crippen LogP contribution in [0.2, 0.25) is 5.02 Å². The molecule has 5 nitrogen and oxygen atoms in total. The molecule has 134 valence electrons. The third-order valence-electron chi connectivity index (χ3n) is 3.50. The Labute approximate surface area is 158 Å². The Morgan fingerprint density at radius 2 is 1.88 bits per heavy atom. The molecule has 1 N–H and O–H groups in total. The van der Waals surface area contributed by atoms with E-state index in [9.17, 15) is 13.2 Å². The van der Waals surface area contributed by atoms with E-state index in [1.54, 1.807) is 19.1 Å². The van der Waals surface area contributed by atoms with Crippen molar-refractivity contribution in [2.24, 2.45) is 0 Å². The highest BCUT2D eigenvalue weighted by Gasteiger charge is 2.37. The first-order valence-electron chi connectivity index (χ1n) is 7.23. The van der Waals surface area contributed by atoms with Gasteiger partial charge in [0.25, 0.3) is 5.82 Å². The molecule has 0 bridgehead atoms. The van der Waals surface area contributed by atoms with Gasteiger partial charge in [-0.25, -0.2) is 9.50 Å². The number of halogens is 4. The molecule has 11 heteroatoms. The quantitative estimate of drug-likeness (QED) is 0.470. The minimum Gasteiger partial charge on any atom is -0.332 e. The molecule has 0 saturated carbocycles. The Morgan fingerprint density at radius 1 is 1.15 bits per heavy atom. The van der Waals surface area contributed by atoms with Crippen molar-refractivity contribution in [1.29, 1.82) is 0 Å². The van der Waals surface area contributed by atoms with Gasteiger partial charge in [0.2, 0.25) is 4.96 Å². The number of benzene rings is 1. The van der Waals surface area contributed by atoms with Crippen LogP contribution in [0.5, 0.6) is 0 Å². The van der Waals surface area contributed by atoms with Crippen molar-refractivity contribution < 1.29 is 13.2 Å². The van der Waals surface area contributed by atoms with Crippen LogP contribution < -0.4 is 5.32 Å². The first-order valence-corrected chi connectivity index (χ1v) is 9.30. The number of fused-ring (bicyclic) bond motifs is 1. The molecule has 3 aromatic heterocycles. The van der Waals surface area contributed by atoms with E-state index < -0.39 is 12.0 Å². The van der Waals surface area contributed by atoms with Gasteiger partial charge in [0.05, 0.1) is 16.3 Å². The summed E-state index contributed by atoms with van der Waals surface area (Å²) in [7, 11) is 0. The van der Waals surface area contributed by atoms with Crippen LogP contribution in [0.25, 0.3) is 15.5 Å². The van der Waals surface area contributed by atoms with E-state index in [1.807, 2.05) is 17.5 Å². The zero-order chi connectivity index (χ0) is 18.5. The van der Waals surface area contributed by atoms with Gasteiger partial charge in [-0.1, -0.05) is 22.9 Å². The molecule has 0 radical (unpaired) electrons. The van der Waals surface area contributed by atoms with Crippen molar-refractivity contribution >= 4 is 50.1 Å². The van der Waals surface area contributed by atoms with E-state index in [0.717, 1.165) is 21.9 Å². The number of thiazole rings is 2. The van der Waals surface area contributed by atoms with Crippen LogP contribution >= 0.6 is 34.3 Å². The fourth-order valence-electron chi connectivity index (χ4n) is 2.29. The maximum atomic E-state index is 12.7. The topological polar surface area (TPSA) is 55.1 Å². The molecule has 0 aliphatic heterocycles. The van der Waals surface area contributed by atoms with Crippen molar-refractivity contribution in [3.8, 4) is 10.6 Å². The zero-order valence-corrected chi connectivity index (χ0v) is 15.4. The van der Waals surface area contributed by atoms with E-state index >= 15 is 0 Å². The van der Waals surface area contributed by atoms with E-state index in [2.05, 4.69) is 20.4 Å². The summed E-state index contributed by atoms with van der Waals surface area (Å²) in [6.45, 7) is 1.69. The van der Waals surface area contributed by atoms with Crippen LogP contribution in [-0.2, 0) is 6.18 Å². The van der Waals surface area contributed by atoms with Gasteiger partial charge in [-0.05, 0) is 31.2 Å². The lowest BCUT2D eigenvalue weighted by Gasteiger charge is -2.01. The standard InChI is InChI=1S/C15H9ClF3N5S2/c1-7-11(26-14-22-12(15(17,18)19)23-24(7)14)10-6-25-13(21-10)20-9-4-2-8(16)3-5-9/h2-6H,1H3,(H,20,21). The smallest absolute Gasteiger partial charge is 0.332 e. The number of rotatable bonds is 3. The molecule has 0 fully saturated rings. The minimum atomic E-state index is -4.56. The first kappa shape index (κ1) is 17.3. The lowest BCUT2D eigenvalue weighted by atomic mass is 10.3. The van der Waals surface area contributed by atoms with Crippen LogP contribution in [0.3, 0.4) is 0 Å². The summed E-state index contributed by atoms with van der Waals surface area (Å²) >= 11 is 8.38. The first-order chi connectivity index (χ1) is 12.3. The number of anilines is 2. The number of aromatic nitrogens is 4. The lowest BCUT2D eigenvalue weighted by Crippen LogP contribution is -2.08. The summed E-state index contributed by atoms with van der Waals surface area (Å²) < 4.78 is 39.4. The summed E-state index contributed by atoms with van der Waals surface area (Å²) in [5.41, 5.74) is 2.07. The van der Waals surface area contributed by atoms with Crippen LogP contribution in [0.4, 0.5) is 24.0 Å². The monoisotopic (exact) mass is 415 g/mol. The number of alkyl halides is 3. The number of nitrogens with zero attached hydrogens (tertiary/aromatic N) is 4. The van der Waals surface area contributed by atoms with Crippen molar-refractivity contribution in [3.05, 3.63) is 46.2 Å². The second-order valence-electron chi connectivity index (χ2n) is 5.31. The molecule has 0 unspecified atom stereocenters. The summed E-state index contributed by atoms with van der Waals surface area (Å²) in [6, 6.07) is 7.19. The van der Waals surface area contributed by atoms with Gasteiger partial charge < -0.3 is 5.32 Å². The average Bonchev–Trinajstić information content (AvgIpc) is 3.26. The van der Waals surface area contributed by atoms with Gasteiger partial charge in [0.1, 0.15) is 0 Å². The minimum absolute atomic E-state index is 0.185. The molecular formula is C15H9ClF3N5S2. The van der Waals surface area contributed by atoms with E-state index in [4.69, 9.17) is 11.6 Å². The number of hydrogen-bond acceptors (Lipinski definition) is 6. The summed E-state index contributed by atoms with van der Waals surface area (Å²) in [6.07, 6.45) is -4.56. The van der Waals surface area contributed by atoms with Crippen molar-refractivity contribution in [3.63, 3.8) is 0 Å². The van der Waals surface area contributed by atoms with E-state index in [0.29, 0.717) is 21.5 Å². The maximum absolute atomic E-state index is 12.7. The summed E-state index contributed by atoms with van der Waals surface area (Å²) in [5, 5.41) is 9.85. The Balaban J connectivity index is 1.64. The van der Waals surface area contributed by atoms with Crippen LogP contribution in [-0.4, -0.2) is 19.6 Å². The fourth-order valence-corrected chi connectivity index (χ4v) is 4.24. The average molecular weight is 416 g/mol. The third kappa shape index (κ3) is 3.15. The van der Waals surface area contributed by atoms with Gasteiger partial charge in [0, 0.05) is 16.1 Å². The van der Waals surface area contributed by atoms with Crippen molar-refractivity contribution in [2.45, 2.75) is 13.1 Å². The number of hydrogen-bond donors (Lipinski definition) is 1. The highest BCUT2D eigenvalue weighted by atomic mass is 35.5. The Kier molecular flexibility index (Phi) is 4.13. The third-order valence-corrected chi connectivity index (χ3v) is 5.67. The Morgan fingerprint density at radius 3 is 2.54 bits per heavy atom. The van der Waals surface area contributed by atoms with Crippen LogP contribution in [0.1, 0.15) is 11.5 Å². The molecule has 0 aliphatic carbocycles. The zero-order valence-electron chi connectivity index (χ0n) is 13.0. The molecule has 0 amide bonds. The molecule has 4 aromatic rings. The molecule has 3 heterocycles. The largest absolute Gasteiger partial charge is 0.453 e. The van der Waals surface area contributed by atoms with Gasteiger partial charge in [-0.3, -0.25) is 0 Å². The van der Waals surface area contributed by atoms with Crippen LogP contribution in [0.15, 0.2) is 29.6 Å². The summed E-state index contributed by atoms with van der Waals surface area (Å²) in [5.74, 6) is -1.14. The SMILES string of the molecule is Cc1c(-c2csc(Nc3ccc(Cl)cc3)n2)sc2nc(C(F)(F)F)nn12. The van der Waals surface area contributed by atoms with Gasteiger partial charge in [-0.15, -0.1) is 16.4 Å². The number of nitrogens with one attached hydrogen (secondary N) is 1. The van der Waals surface area contributed by atoms with Gasteiger partial charge >= 0.3 is 6.18 Å². The second kappa shape index (κ2) is 6.22. The molecule has 0 atom stereocenters. The van der Waals surface area contributed by atoms with Crippen molar-refractivity contribution in [2.75, 3.05) is 5.32 Å². The van der Waals surface area contributed by atoms with E-state index in [1.165, 1.54) is 15.9 Å². The molecule has 26 heavy (non-hydrogen) atoms. The highest BCUT2D eigenvalue weighted by Crippen LogP contribution is 2.36. The molecule has 1 aromatic carbocycles. The fraction of sp³-hybridized carbons (Fsp3) is 0.133. The number of aryl methyl sites for hydroxylation is 1. The molecule has 0 aliphatic rings. The molecule has 4 rings (SSSR count). The Bertz CT molecular complexity index is 1080. The Hall–Kier alpha value is -2.17. The lowest BCUT2D eigenvalue weighted by molar-refractivity contribution is -0.144. The van der Waals surface area contributed by atoms with Crippen molar-refractivity contribution in [1.82, 2.24) is 19.6 Å². The predicted octanol–water partition coefficient (Wildman–Crippen LogP) is 5.64. The van der Waals surface area contributed by atoms with E-state index in [-0.39, 0.29) is 4.96 Å². The van der Waals surface area contributed by atoms with Gasteiger partial charge in [-0.2, -0.15) is 18.2 Å². The van der Waals surface area contributed by atoms with Gasteiger partial charge in [0.15, 0.2) is 5.13 Å². The maximum Gasteiger partial charge on any atom is 0.453 e. The molecule has 0 spiro atoms. The normalized spacial score (nSPS) is 12.0.